The van der Waals surface area contributed by atoms with Crippen molar-refractivity contribution in [1.29, 1.82) is 0 Å². The van der Waals surface area contributed by atoms with Gasteiger partial charge in [0.25, 0.3) is 0 Å². The van der Waals surface area contributed by atoms with Crippen molar-refractivity contribution < 1.29 is 67.1 Å². The van der Waals surface area contributed by atoms with Gasteiger partial charge < -0.3 is 55.1 Å². The molecule has 2 aromatic heterocycles. The largest absolute Gasteiger partial charge is 0.481 e. The monoisotopic (exact) mass is 694 g/mol. The maximum atomic E-state index is 14.0. The van der Waals surface area contributed by atoms with Crippen molar-refractivity contribution in [2.45, 2.75) is 67.7 Å². The number of nitrogens with two attached hydrogens (primary N) is 1. The zero-order valence-corrected chi connectivity index (χ0v) is 26.3. The summed E-state index contributed by atoms with van der Waals surface area (Å²) in [7, 11) is -2.03. The Hall–Kier alpha value is -0.870. The molecule has 4 heterocycles. The number of anilines is 1. The first kappa shape index (κ1) is 35.0. The molecule has 43 heavy (non-hydrogen) atoms. The van der Waals surface area contributed by atoms with Crippen molar-refractivity contribution >= 4 is 53.7 Å². The highest BCUT2D eigenvalue weighted by molar-refractivity contribution is 8.08. The van der Waals surface area contributed by atoms with Crippen molar-refractivity contribution in [2.24, 2.45) is 0 Å². The van der Waals surface area contributed by atoms with E-state index >= 15 is 0 Å². The average Bonchev–Trinajstić information content (AvgIpc) is 3.46. The van der Waals surface area contributed by atoms with Gasteiger partial charge >= 0.3 is 14.5 Å². The lowest BCUT2D eigenvalue weighted by Crippen LogP contribution is -2.60. The maximum absolute atomic E-state index is 14.0. The van der Waals surface area contributed by atoms with Gasteiger partial charge in [-0.05, 0) is 38.2 Å². The Morgan fingerprint density at radius 2 is 1.88 bits per heavy atom. The summed E-state index contributed by atoms with van der Waals surface area (Å²) in [6, 6.07) is 0. The summed E-state index contributed by atoms with van der Waals surface area (Å²) in [6.45, 7) is -4.69. The molecular formula is C21H33FN4O13P2S2. The molecule has 2 aromatic rings. The van der Waals surface area contributed by atoms with Crippen LogP contribution in [0.25, 0.3) is 10.2 Å². The molecule has 12 atom stereocenters. The van der Waals surface area contributed by atoms with E-state index in [1.807, 2.05) is 0 Å². The normalized spacial score (nSPS) is 36.9. The van der Waals surface area contributed by atoms with Gasteiger partial charge in [-0.2, -0.15) is 0 Å². The molecule has 0 spiro atoms. The van der Waals surface area contributed by atoms with Crippen LogP contribution in [0.4, 0.5) is 10.2 Å². The van der Waals surface area contributed by atoms with Crippen LogP contribution in [0.5, 0.6) is 0 Å². The second-order valence-electron chi connectivity index (χ2n) is 10.3. The Kier molecular flexibility index (Phi) is 10.7. The van der Waals surface area contributed by atoms with Crippen LogP contribution >= 0.6 is 25.9 Å². The minimum absolute atomic E-state index is 0.269. The summed E-state index contributed by atoms with van der Waals surface area (Å²) in [4.78, 5) is 30.7. The van der Waals surface area contributed by atoms with Crippen LogP contribution in [0, 0.1) is 0 Å². The summed E-state index contributed by atoms with van der Waals surface area (Å²) in [6.07, 6.45) is -14.7. The molecular weight excluding hydrogens is 661 g/mol. The molecule has 9 N–H and O–H groups in total. The molecule has 4 rings (SSSR count). The zero-order valence-electron chi connectivity index (χ0n) is 22.9. The highest BCUT2D eigenvalue weighted by Gasteiger charge is 2.56. The molecule has 0 amide bonds. The molecule has 0 aromatic carbocycles. The SMILES string of the molecule is CN(C)[C@]1(C)[C@H](O)[C@@H](COP(O)(=S)OP(=O)(O)OC2OC([C@@H](F)CO)C(O)C(O)C2O)O[C@H]1c1csc2c(N)ncnc12. The number of hydrogen-bond acceptors (Lipinski definition) is 17. The Balaban J connectivity index is 1.46. The molecule has 22 heteroatoms. The van der Waals surface area contributed by atoms with Crippen molar-refractivity contribution in [1.82, 2.24) is 14.9 Å². The molecule has 2 aliphatic heterocycles. The number of aliphatic hydroxyl groups is 5. The number of nitrogen functional groups attached to an aromatic ring is 1. The predicted molar refractivity (Wildman–Crippen MR) is 151 cm³/mol. The van der Waals surface area contributed by atoms with Gasteiger partial charge in [0.15, 0.2) is 12.5 Å². The van der Waals surface area contributed by atoms with E-state index in [9.17, 15) is 39.2 Å². The third-order valence-electron chi connectivity index (χ3n) is 7.43. The van der Waals surface area contributed by atoms with Gasteiger partial charge in [0.2, 0.25) is 0 Å². The number of phosphoric acid groups is 1. The number of phosphoric ester groups is 1. The quantitative estimate of drug-likeness (QED) is 0.130. The van der Waals surface area contributed by atoms with Gasteiger partial charge in [-0.1, -0.05) is 0 Å². The molecule has 0 saturated carbocycles. The van der Waals surface area contributed by atoms with E-state index in [0.717, 1.165) is 0 Å². The van der Waals surface area contributed by atoms with Gasteiger partial charge in [0, 0.05) is 5.56 Å². The third-order valence-corrected chi connectivity index (χ3v) is 12.0. The number of likely N-dealkylation sites (N-methyl/N-ethyl adjacent to an activating group) is 1. The average molecular weight is 695 g/mol. The van der Waals surface area contributed by atoms with E-state index in [1.165, 1.54) is 17.7 Å². The number of hydrogen-bond donors (Lipinski definition) is 8. The van der Waals surface area contributed by atoms with Crippen LogP contribution in [-0.4, -0.2) is 132 Å². The van der Waals surface area contributed by atoms with E-state index in [0.29, 0.717) is 15.8 Å². The maximum Gasteiger partial charge on any atom is 0.481 e. The topological polar surface area (TPSA) is 260 Å². The molecule has 2 fully saturated rings. The van der Waals surface area contributed by atoms with Crippen LogP contribution < -0.4 is 5.73 Å². The molecule has 0 bridgehead atoms. The van der Waals surface area contributed by atoms with Crippen LogP contribution in [-0.2, 0) is 39.2 Å². The van der Waals surface area contributed by atoms with Crippen LogP contribution in [0.2, 0.25) is 0 Å². The van der Waals surface area contributed by atoms with Gasteiger partial charge in [-0.15, -0.1) is 11.3 Å². The first-order valence-electron chi connectivity index (χ1n) is 12.6. The molecule has 7 unspecified atom stereocenters. The number of halogens is 1. The number of thiophene rings is 1. The van der Waals surface area contributed by atoms with Crippen LogP contribution in [0.3, 0.4) is 0 Å². The lowest BCUT2D eigenvalue weighted by Gasteiger charge is -2.41. The molecule has 2 saturated heterocycles. The zero-order chi connectivity index (χ0) is 32.1. The fourth-order valence-electron chi connectivity index (χ4n) is 4.85. The lowest BCUT2D eigenvalue weighted by molar-refractivity contribution is -0.287. The number of rotatable bonds is 11. The fourth-order valence-corrected chi connectivity index (χ4v) is 8.88. The highest BCUT2D eigenvalue weighted by atomic mass is 32.5. The summed E-state index contributed by atoms with van der Waals surface area (Å²) in [5.74, 6) is 0.269. The molecule has 2 aliphatic rings. The van der Waals surface area contributed by atoms with Crippen LogP contribution in [0.15, 0.2) is 11.7 Å². The number of alkyl halides is 1. The summed E-state index contributed by atoms with van der Waals surface area (Å²) >= 11 is 6.12. The lowest BCUT2D eigenvalue weighted by atomic mass is 9.84. The molecule has 244 valence electrons. The second-order valence-corrected chi connectivity index (χ2v) is 15.6. The number of aliphatic hydroxyl groups excluding tert-OH is 5. The second kappa shape index (κ2) is 13.1. The summed E-state index contributed by atoms with van der Waals surface area (Å²) < 4.78 is 52.8. The van der Waals surface area contributed by atoms with Gasteiger partial charge in [-0.3, -0.25) is 9.42 Å². The van der Waals surface area contributed by atoms with E-state index in [2.05, 4.69) is 18.8 Å². The minimum Gasteiger partial charge on any atom is -0.393 e. The molecule has 17 nitrogen and oxygen atoms in total. The first-order valence-corrected chi connectivity index (χ1v) is 17.5. The Morgan fingerprint density at radius 1 is 1.21 bits per heavy atom. The van der Waals surface area contributed by atoms with E-state index in [4.69, 9.17) is 36.6 Å². The van der Waals surface area contributed by atoms with Crippen LogP contribution in [0.1, 0.15) is 18.6 Å². The summed E-state index contributed by atoms with van der Waals surface area (Å²) in [5, 5.41) is 52.0. The van der Waals surface area contributed by atoms with Gasteiger partial charge in [0.1, 0.15) is 54.9 Å². The van der Waals surface area contributed by atoms with Crippen molar-refractivity contribution in [3.8, 4) is 0 Å². The smallest absolute Gasteiger partial charge is 0.393 e. The Bertz CT molecular complexity index is 1400. The van der Waals surface area contributed by atoms with E-state index < -0.39 is 88.5 Å². The Labute approximate surface area is 253 Å². The summed E-state index contributed by atoms with van der Waals surface area (Å²) in [5.41, 5.74) is 6.01. The number of fused-ring (bicyclic) bond motifs is 1. The van der Waals surface area contributed by atoms with E-state index in [-0.39, 0.29) is 5.82 Å². The van der Waals surface area contributed by atoms with Gasteiger partial charge in [-0.25, -0.2) is 23.2 Å². The highest BCUT2D eigenvalue weighted by Crippen LogP contribution is 2.62. The predicted octanol–water partition coefficient (Wildman–Crippen LogP) is -1.10. The Morgan fingerprint density at radius 3 is 2.51 bits per heavy atom. The molecule has 0 radical (unpaired) electrons. The number of ether oxygens (including phenoxy) is 2. The third kappa shape index (κ3) is 6.96. The number of nitrogens with zero attached hydrogens (tertiary/aromatic N) is 3. The van der Waals surface area contributed by atoms with E-state index in [1.54, 1.807) is 31.3 Å². The number of aromatic nitrogens is 2. The standard InChI is InChI=1S/C21H33FN4O13P2S2/c1-21(26(2)3)17(31)10(36-18(21)8-6-43-16-11(8)24-7-25-19(16)23)5-35-41(34,42)39-40(32,33)38-20-14(30)12(28)13(29)15(37-20)9(22)4-27/h6-7,9-10,12-15,17-18,20,27-31H,4-5H2,1-3H3,(H,32,33)(H,34,42)(H2,23,24,25)/t9-,10+,12?,13?,14?,15?,17+,18-,20?,21+,41?/m0/s1. The van der Waals surface area contributed by atoms with Crippen molar-refractivity contribution in [2.75, 3.05) is 33.0 Å². The fraction of sp³-hybridized carbons (Fsp3) is 0.714. The van der Waals surface area contributed by atoms with Crippen molar-refractivity contribution in [3.63, 3.8) is 0 Å². The molecule has 0 aliphatic carbocycles. The van der Waals surface area contributed by atoms with Crippen molar-refractivity contribution in [3.05, 3.63) is 17.3 Å². The van der Waals surface area contributed by atoms with Gasteiger partial charge in [0.05, 0.1) is 29.0 Å². The minimum atomic E-state index is -5.46. The first-order chi connectivity index (χ1) is 19.9.